The van der Waals surface area contributed by atoms with Gasteiger partial charge in [-0.1, -0.05) is 29.3 Å². The van der Waals surface area contributed by atoms with Crippen LogP contribution in [0, 0.1) is 0 Å². The van der Waals surface area contributed by atoms with Crippen molar-refractivity contribution in [3.05, 3.63) is 33.8 Å². The zero-order valence-corrected chi connectivity index (χ0v) is 8.84. The van der Waals surface area contributed by atoms with E-state index in [2.05, 4.69) is 0 Å². The van der Waals surface area contributed by atoms with Crippen molar-refractivity contribution in [1.82, 2.24) is 0 Å². The van der Waals surface area contributed by atoms with E-state index in [1.54, 1.807) is 6.07 Å². The fraction of sp³-hybridized carbons (Fsp3) is 0.222. The Morgan fingerprint density at radius 1 is 1.43 bits per heavy atom. The Labute approximate surface area is 91.2 Å². The second-order valence-electron chi connectivity index (χ2n) is 2.63. The highest BCUT2D eigenvalue weighted by molar-refractivity contribution is 6.42. The monoisotopic (exact) mass is 234 g/mol. The lowest BCUT2D eigenvalue weighted by atomic mass is 10.1. The van der Waals surface area contributed by atoms with Crippen molar-refractivity contribution >= 4 is 29.2 Å². The molecule has 1 rings (SSSR count). The van der Waals surface area contributed by atoms with Crippen LogP contribution in [0.15, 0.2) is 18.2 Å². The first kappa shape index (κ1) is 11.3. The molecule has 0 aromatic heterocycles. The first-order valence-electron chi connectivity index (χ1n) is 3.77. The summed E-state index contributed by atoms with van der Waals surface area (Å²) < 4.78 is 4.79. The topological polar surface area (TPSA) is 46.5 Å². The van der Waals surface area contributed by atoms with E-state index in [-0.39, 0.29) is 0 Å². The largest absolute Gasteiger partial charge is 0.479 e. The number of methoxy groups -OCH3 is 1. The summed E-state index contributed by atoms with van der Waals surface area (Å²) in [5, 5.41) is 9.48. The molecular formula is C9H8Cl2O3. The highest BCUT2D eigenvalue weighted by Crippen LogP contribution is 2.26. The average molecular weight is 235 g/mol. The Bertz CT molecular complexity index is 352. The number of aliphatic carboxylic acids is 1. The lowest BCUT2D eigenvalue weighted by molar-refractivity contribution is -0.148. The summed E-state index contributed by atoms with van der Waals surface area (Å²) in [5.74, 6) is -1.06. The Morgan fingerprint density at radius 3 is 2.50 bits per heavy atom. The molecule has 0 bridgehead atoms. The molecule has 5 heteroatoms. The quantitative estimate of drug-likeness (QED) is 0.876. The molecule has 0 aliphatic heterocycles. The first-order valence-corrected chi connectivity index (χ1v) is 4.52. The molecule has 0 unspecified atom stereocenters. The molecule has 1 N–H and O–H groups in total. The fourth-order valence-electron chi connectivity index (χ4n) is 1.05. The third-order valence-corrected chi connectivity index (χ3v) is 2.45. The van der Waals surface area contributed by atoms with Gasteiger partial charge in [0.25, 0.3) is 0 Å². The van der Waals surface area contributed by atoms with Crippen molar-refractivity contribution in [1.29, 1.82) is 0 Å². The van der Waals surface area contributed by atoms with Crippen molar-refractivity contribution in [3.8, 4) is 0 Å². The molecule has 3 nitrogen and oxygen atoms in total. The number of carboxylic acids is 1. The number of rotatable bonds is 3. The van der Waals surface area contributed by atoms with E-state index in [0.29, 0.717) is 15.6 Å². The SMILES string of the molecule is CO[C@H](C(=O)O)c1ccc(Cl)c(Cl)c1. The molecule has 0 spiro atoms. The van der Waals surface area contributed by atoms with Gasteiger partial charge in [0.15, 0.2) is 6.10 Å². The molecule has 0 saturated heterocycles. The summed E-state index contributed by atoms with van der Waals surface area (Å²) in [6, 6.07) is 4.58. The van der Waals surface area contributed by atoms with Gasteiger partial charge in [0.1, 0.15) is 0 Å². The van der Waals surface area contributed by atoms with Crippen LogP contribution in [0.25, 0.3) is 0 Å². The molecule has 14 heavy (non-hydrogen) atoms. The van der Waals surface area contributed by atoms with E-state index in [9.17, 15) is 4.79 Å². The van der Waals surface area contributed by atoms with Gasteiger partial charge in [-0.15, -0.1) is 0 Å². The van der Waals surface area contributed by atoms with Gasteiger partial charge in [-0.25, -0.2) is 4.79 Å². The van der Waals surface area contributed by atoms with E-state index in [4.69, 9.17) is 33.0 Å². The molecule has 0 amide bonds. The third-order valence-electron chi connectivity index (χ3n) is 1.71. The zero-order valence-electron chi connectivity index (χ0n) is 7.33. The summed E-state index contributed by atoms with van der Waals surface area (Å²) in [4.78, 5) is 10.7. The van der Waals surface area contributed by atoms with Crippen molar-refractivity contribution < 1.29 is 14.6 Å². The predicted molar refractivity (Wildman–Crippen MR) is 53.8 cm³/mol. The van der Waals surface area contributed by atoms with E-state index in [1.165, 1.54) is 19.2 Å². The number of carbonyl (C=O) groups is 1. The number of carboxylic acid groups (broad SMARTS) is 1. The van der Waals surface area contributed by atoms with Crippen LogP contribution in [0.4, 0.5) is 0 Å². The van der Waals surface area contributed by atoms with E-state index in [0.717, 1.165) is 0 Å². The van der Waals surface area contributed by atoms with Gasteiger partial charge in [0.05, 0.1) is 10.0 Å². The predicted octanol–water partition coefficient (Wildman–Crippen LogP) is 2.77. The van der Waals surface area contributed by atoms with E-state index in [1.807, 2.05) is 0 Å². The lowest BCUT2D eigenvalue weighted by Gasteiger charge is -2.10. The highest BCUT2D eigenvalue weighted by atomic mass is 35.5. The van der Waals surface area contributed by atoms with Gasteiger partial charge in [0.2, 0.25) is 0 Å². The van der Waals surface area contributed by atoms with Crippen molar-refractivity contribution in [2.24, 2.45) is 0 Å². The number of hydrogen-bond donors (Lipinski definition) is 1. The van der Waals surface area contributed by atoms with Gasteiger partial charge < -0.3 is 9.84 Å². The van der Waals surface area contributed by atoms with Crippen LogP contribution >= 0.6 is 23.2 Å². The maximum atomic E-state index is 10.7. The highest BCUT2D eigenvalue weighted by Gasteiger charge is 2.19. The van der Waals surface area contributed by atoms with E-state index < -0.39 is 12.1 Å². The zero-order chi connectivity index (χ0) is 10.7. The smallest absolute Gasteiger partial charge is 0.337 e. The minimum absolute atomic E-state index is 0.312. The number of benzene rings is 1. The van der Waals surface area contributed by atoms with Crippen molar-refractivity contribution in [2.45, 2.75) is 6.10 Å². The Balaban J connectivity index is 3.06. The van der Waals surface area contributed by atoms with Crippen molar-refractivity contribution in [3.63, 3.8) is 0 Å². The van der Waals surface area contributed by atoms with Crippen LogP contribution in [0.2, 0.25) is 10.0 Å². The fourth-order valence-corrected chi connectivity index (χ4v) is 1.36. The Morgan fingerprint density at radius 2 is 2.07 bits per heavy atom. The van der Waals surface area contributed by atoms with Crippen LogP contribution in [-0.4, -0.2) is 18.2 Å². The van der Waals surface area contributed by atoms with Gasteiger partial charge >= 0.3 is 5.97 Å². The molecule has 1 aromatic rings. The van der Waals surface area contributed by atoms with Crippen LogP contribution < -0.4 is 0 Å². The molecule has 0 heterocycles. The molecule has 1 atom stereocenters. The number of ether oxygens (including phenoxy) is 1. The third kappa shape index (κ3) is 2.38. The molecule has 0 aliphatic carbocycles. The maximum absolute atomic E-state index is 10.7. The number of halogens is 2. The summed E-state index contributed by atoms with van der Waals surface area (Å²) in [6.07, 6.45) is -1.01. The summed E-state index contributed by atoms with van der Waals surface area (Å²) in [7, 11) is 1.32. The number of hydrogen-bond acceptors (Lipinski definition) is 2. The first-order chi connectivity index (χ1) is 6.56. The standard InChI is InChI=1S/C9H8Cl2O3/c1-14-8(9(12)13)5-2-3-6(10)7(11)4-5/h2-4,8H,1H3,(H,12,13)/t8-/m0/s1. The minimum Gasteiger partial charge on any atom is -0.479 e. The molecule has 0 radical (unpaired) electrons. The maximum Gasteiger partial charge on any atom is 0.337 e. The molecule has 0 aliphatic rings. The van der Waals surface area contributed by atoms with Crippen LogP contribution in [0.1, 0.15) is 11.7 Å². The summed E-state index contributed by atoms with van der Waals surface area (Å²) in [6.45, 7) is 0. The Kier molecular flexibility index (Phi) is 3.75. The Hall–Kier alpha value is -0.770. The molecular weight excluding hydrogens is 227 g/mol. The van der Waals surface area contributed by atoms with Crippen LogP contribution in [0.3, 0.4) is 0 Å². The second kappa shape index (κ2) is 4.64. The van der Waals surface area contributed by atoms with Crippen molar-refractivity contribution in [2.75, 3.05) is 7.11 Å². The summed E-state index contributed by atoms with van der Waals surface area (Å²) >= 11 is 11.4. The molecule has 76 valence electrons. The molecule has 0 fully saturated rings. The van der Waals surface area contributed by atoms with Crippen LogP contribution in [0.5, 0.6) is 0 Å². The minimum atomic E-state index is -1.06. The van der Waals surface area contributed by atoms with Gasteiger partial charge in [-0.3, -0.25) is 0 Å². The lowest BCUT2D eigenvalue weighted by Crippen LogP contribution is -2.13. The summed E-state index contributed by atoms with van der Waals surface area (Å²) in [5.41, 5.74) is 0.467. The van der Waals surface area contributed by atoms with Gasteiger partial charge in [-0.05, 0) is 17.7 Å². The second-order valence-corrected chi connectivity index (χ2v) is 3.44. The van der Waals surface area contributed by atoms with E-state index >= 15 is 0 Å². The molecule has 0 saturated carbocycles. The van der Waals surface area contributed by atoms with Gasteiger partial charge in [0, 0.05) is 7.11 Å². The average Bonchev–Trinajstić information content (AvgIpc) is 2.11. The van der Waals surface area contributed by atoms with Gasteiger partial charge in [-0.2, -0.15) is 0 Å². The normalized spacial score (nSPS) is 12.5. The molecule has 1 aromatic carbocycles. The van der Waals surface area contributed by atoms with Crippen LogP contribution in [-0.2, 0) is 9.53 Å².